The van der Waals surface area contributed by atoms with Crippen molar-refractivity contribution in [1.29, 1.82) is 0 Å². The van der Waals surface area contributed by atoms with Gasteiger partial charge in [0.2, 0.25) is 5.91 Å². The summed E-state index contributed by atoms with van der Waals surface area (Å²) in [5.74, 6) is 0.832. The summed E-state index contributed by atoms with van der Waals surface area (Å²) in [7, 11) is 0. The summed E-state index contributed by atoms with van der Waals surface area (Å²) in [5.41, 5.74) is 3.17. The molecule has 3 heterocycles. The average Bonchev–Trinajstić information content (AvgIpc) is 3.25. The molecule has 0 unspecified atom stereocenters. The van der Waals surface area contributed by atoms with Crippen molar-refractivity contribution in [2.45, 2.75) is 25.7 Å². The minimum atomic E-state index is 0.199. The maximum Gasteiger partial charge on any atom is 0.226 e. The van der Waals surface area contributed by atoms with Crippen molar-refractivity contribution in [3.8, 4) is 5.69 Å². The Morgan fingerprint density at radius 3 is 2.56 bits per heavy atom. The lowest BCUT2D eigenvalue weighted by Crippen LogP contribution is -2.39. The number of amides is 1. The number of tetrazole rings is 1. The van der Waals surface area contributed by atoms with Crippen LogP contribution in [0, 0.1) is 5.92 Å². The zero-order chi connectivity index (χ0) is 18.5. The number of nitrogens with zero attached hydrogens (tertiary/aromatic N) is 6. The lowest BCUT2D eigenvalue weighted by molar-refractivity contribution is -0.131. The van der Waals surface area contributed by atoms with Gasteiger partial charge >= 0.3 is 0 Å². The fraction of sp³-hybridized carbons (Fsp3) is 0.350. The minimum Gasteiger partial charge on any atom is -0.342 e. The summed E-state index contributed by atoms with van der Waals surface area (Å²) in [6.07, 6.45) is 8.89. The van der Waals surface area contributed by atoms with E-state index < -0.39 is 0 Å². The highest BCUT2D eigenvalue weighted by Gasteiger charge is 2.23. The molecule has 1 aromatic carbocycles. The second-order valence-electron chi connectivity index (χ2n) is 6.99. The Labute approximate surface area is 158 Å². The van der Waals surface area contributed by atoms with Crippen LogP contribution in [0.1, 0.15) is 24.0 Å². The molecule has 1 fully saturated rings. The first-order valence-corrected chi connectivity index (χ1v) is 9.27. The number of hydrogen-bond donors (Lipinski definition) is 0. The first kappa shape index (κ1) is 17.3. The lowest BCUT2D eigenvalue weighted by atomic mass is 9.90. The van der Waals surface area contributed by atoms with Crippen molar-refractivity contribution < 1.29 is 4.79 Å². The maximum absolute atomic E-state index is 12.6. The van der Waals surface area contributed by atoms with Gasteiger partial charge in [-0.05, 0) is 64.9 Å². The highest BCUT2D eigenvalue weighted by atomic mass is 16.2. The molecule has 0 aliphatic carbocycles. The van der Waals surface area contributed by atoms with Gasteiger partial charge in [-0.3, -0.25) is 9.78 Å². The molecule has 0 bridgehead atoms. The van der Waals surface area contributed by atoms with Gasteiger partial charge in [0.25, 0.3) is 0 Å². The molecule has 0 saturated carbocycles. The van der Waals surface area contributed by atoms with Crippen molar-refractivity contribution in [3.05, 3.63) is 66.2 Å². The van der Waals surface area contributed by atoms with E-state index in [0.717, 1.165) is 43.6 Å². The number of likely N-dealkylation sites (tertiary alicyclic amines) is 1. The van der Waals surface area contributed by atoms with Crippen LogP contribution in [0.3, 0.4) is 0 Å². The van der Waals surface area contributed by atoms with Gasteiger partial charge in [0.1, 0.15) is 6.33 Å². The summed E-state index contributed by atoms with van der Waals surface area (Å²) < 4.78 is 1.60. The quantitative estimate of drug-likeness (QED) is 0.694. The number of aromatic nitrogens is 5. The molecule has 0 radical (unpaired) electrons. The van der Waals surface area contributed by atoms with Gasteiger partial charge < -0.3 is 4.90 Å². The monoisotopic (exact) mass is 362 g/mol. The molecule has 0 spiro atoms. The number of hydrogen-bond acceptors (Lipinski definition) is 5. The Hall–Kier alpha value is -3.09. The summed E-state index contributed by atoms with van der Waals surface area (Å²) in [6.45, 7) is 1.68. The molecule has 0 atom stereocenters. The first-order valence-electron chi connectivity index (χ1n) is 9.27. The van der Waals surface area contributed by atoms with Gasteiger partial charge in [0, 0.05) is 25.5 Å². The molecule has 138 valence electrons. The fourth-order valence-corrected chi connectivity index (χ4v) is 3.57. The molecular weight excluding hydrogens is 340 g/mol. The van der Waals surface area contributed by atoms with Crippen LogP contribution in [0.2, 0.25) is 0 Å². The summed E-state index contributed by atoms with van der Waals surface area (Å²) in [6, 6.07) is 11.9. The lowest BCUT2D eigenvalue weighted by Gasteiger charge is -2.32. The van der Waals surface area contributed by atoms with E-state index in [2.05, 4.69) is 26.6 Å². The Bertz CT molecular complexity index is 855. The number of piperidine rings is 1. The average molecular weight is 362 g/mol. The standard InChI is InChI=1S/C20H22N6O/c27-20(13-16-3-5-19(6-4-16)26-15-22-23-24-26)25-10-7-17(8-11-25)12-18-2-1-9-21-14-18/h1-6,9,14-15,17H,7-8,10-13H2. The smallest absolute Gasteiger partial charge is 0.226 e. The van der Waals surface area contributed by atoms with Crippen molar-refractivity contribution in [1.82, 2.24) is 30.1 Å². The predicted molar refractivity (Wildman–Crippen MR) is 100 cm³/mol. The van der Waals surface area contributed by atoms with Crippen molar-refractivity contribution in [2.75, 3.05) is 13.1 Å². The van der Waals surface area contributed by atoms with Crippen molar-refractivity contribution in [3.63, 3.8) is 0 Å². The minimum absolute atomic E-state index is 0.199. The van der Waals surface area contributed by atoms with Crippen LogP contribution in [0.4, 0.5) is 0 Å². The third-order valence-electron chi connectivity index (χ3n) is 5.12. The number of carbonyl (C=O) groups is 1. The molecule has 1 aliphatic rings. The number of benzene rings is 1. The molecule has 3 aromatic rings. The van der Waals surface area contributed by atoms with Crippen LogP contribution < -0.4 is 0 Å². The molecule has 7 heteroatoms. The van der Waals surface area contributed by atoms with Crippen LogP contribution in [0.5, 0.6) is 0 Å². The summed E-state index contributed by atoms with van der Waals surface area (Å²) in [4.78, 5) is 18.8. The zero-order valence-electron chi connectivity index (χ0n) is 15.1. The third kappa shape index (κ3) is 4.36. The summed E-state index contributed by atoms with van der Waals surface area (Å²) in [5, 5.41) is 11.1. The van der Waals surface area contributed by atoms with Crippen LogP contribution in [0.25, 0.3) is 5.69 Å². The van der Waals surface area contributed by atoms with E-state index in [4.69, 9.17) is 0 Å². The van der Waals surface area contributed by atoms with E-state index in [-0.39, 0.29) is 5.91 Å². The van der Waals surface area contributed by atoms with E-state index in [9.17, 15) is 4.79 Å². The highest BCUT2D eigenvalue weighted by molar-refractivity contribution is 5.78. The Morgan fingerprint density at radius 2 is 1.89 bits per heavy atom. The first-order chi connectivity index (χ1) is 13.3. The van der Waals surface area contributed by atoms with Gasteiger partial charge in [-0.15, -0.1) is 5.10 Å². The van der Waals surface area contributed by atoms with E-state index in [0.29, 0.717) is 12.3 Å². The van der Waals surface area contributed by atoms with Crippen molar-refractivity contribution >= 4 is 5.91 Å². The van der Waals surface area contributed by atoms with Crippen LogP contribution >= 0.6 is 0 Å². The topological polar surface area (TPSA) is 76.8 Å². The van der Waals surface area contributed by atoms with E-state index in [1.807, 2.05) is 41.4 Å². The van der Waals surface area contributed by atoms with Crippen molar-refractivity contribution in [2.24, 2.45) is 5.92 Å². The summed E-state index contributed by atoms with van der Waals surface area (Å²) >= 11 is 0. The molecular formula is C20H22N6O. The van der Waals surface area contributed by atoms with Gasteiger partial charge in [-0.2, -0.15) is 0 Å². The van der Waals surface area contributed by atoms with E-state index >= 15 is 0 Å². The fourth-order valence-electron chi connectivity index (χ4n) is 3.57. The Morgan fingerprint density at radius 1 is 1.07 bits per heavy atom. The third-order valence-corrected chi connectivity index (χ3v) is 5.12. The van der Waals surface area contributed by atoms with Gasteiger partial charge in [0.05, 0.1) is 12.1 Å². The predicted octanol–water partition coefficient (Wildman–Crippen LogP) is 2.08. The number of rotatable bonds is 5. The SMILES string of the molecule is O=C(Cc1ccc(-n2cnnn2)cc1)N1CCC(Cc2cccnc2)CC1. The van der Waals surface area contributed by atoms with Crippen LogP contribution in [0.15, 0.2) is 55.1 Å². The molecule has 0 N–H and O–H groups in total. The molecule has 4 rings (SSSR count). The molecule has 7 nitrogen and oxygen atoms in total. The zero-order valence-corrected chi connectivity index (χ0v) is 15.1. The second kappa shape index (κ2) is 8.07. The maximum atomic E-state index is 12.6. The second-order valence-corrected chi connectivity index (χ2v) is 6.99. The van der Waals surface area contributed by atoms with E-state index in [1.54, 1.807) is 17.2 Å². The Balaban J connectivity index is 1.28. The molecule has 1 saturated heterocycles. The molecule has 1 aliphatic heterocycles. The van der Waals surface area contributed by atoms with Crippen LogP contribution in [-0.2, 0) is 17.6 Å². The molecule has 2 aromatic heterocycles. The highest BCUT2D eigenvalue weighted by Crippen LogP contribution is 2.22. The van der Waals surface area contributed by atoms with Gasteiger partial charge in [-0.25, -0.2) is 4.68 Å². The molecule has 27 heavy (non-hydrogen) atoms. The van der Waals surface area contributed by atoms with E-state index in [1.165, 1.54) is 5.56 Å². The normalized spacial score (nSPS) is 15.0. The van der Waals surface area contributed by atoms with Crippen LogP contribution in [-0.4, -0.2) is 49.1 Å². The largest absolute Gasteiger partial charge is 0.342 e. The van der Waals surface area contributed by atoms with Gasteiger partial charge in [0.15, 0.2) is 0 Å². The number of pyridine rings is 1. The van der Waals surface area contributed by atoms with Gasteiger partial charge in [-0.1, -0.05) is 18.2 Å². The Kier molecular flexibility index (Phi) is 5.18. The molecule has 1 amide bonds. The number of carbonyl (C=O) groups excluding carboxylic acids is 1.